The highest BCUT2D eigenvalue weighted by atomic mass is 32.2. The molecule has 5 nitrogen and oxygen atoms in total. The third kappa shape index (κ3) is 6.60. The number of nitrogens with one attached hydrogen (secondary N) is 1. The lowest BCUT2D eigenvalue weighted by atomic mass is 9.80. The molecule has 1 aliphatic carbocycles. The molecule has 4 rings (SSSR count). The van der Waals surface area contributed by atoms with Gasteiger partial charge < -0.3 is 5.32 Å². The maximum Gasteiger partial charge on any atom is 0.391 e. The number of hydrogen-bond donors (Lipinski definition) is 1. The number of sulfone groups is 1. The van der Waals surface area contributed by atoms with E-state index in [1.165, 1.54) is 5.56 Å². The Bertz CT molecular complexity index is 1220. The van der Waals surface area contributed by atoms with Crippen LogP contribution in [0.15, 0.2) is 47.4 Å². The van der Waals surface area contributed by atoms with E-state index in [1.54, 1.807) is 31.2 Å². The van der Waals surface area contributed by atoms with E-state index in [2.05, 4.69) is 17.1 Å². The highest BCUT2D eigenvalue weighted by molar-refractivity contribution is 7.91. The van der Waals surface area contributed by atoms with E-state index in [0.29, 0.717) is 30.9 Å². The van der Waals surface area contributed by atoms with Crippen LogP contribution in [-0.2, 0) is 22.8 Å². The third-order valence-electron chi connectivity index (χ3n) is 8.18. The summed E-state index contributed by atoms with van der Waals surface area (Å²) in [5.41, 5.74) is 3.75. The first-order valence-corrected chi connectivity index (χ1v) is 15.2. The Hall–Kier alpha value is -2.39. The SMILES string of the molecule is CC[C@H]1c2ccc(C(=O)NCc3ccc(S(=O)(=O)CC)cc3)cc2CCN1CC1CCC(C(F)(F)F)CC1. The normalized spacial score (nSPS) is 22.6. The topological polar surface area (TPSA) is 66.5 Å². The van der Waals surface area contributed by atoms with Crippen LogP contribution in [0.4, 0.5) is 13.2 Å². The number of carbonyl (C=O) groups excluding carboxylic acids is 1. The van der Waals surface area contributed by atoms with Gasteiger partial charge in [0, 0.05) is 31.2 Å². The molecule has 9 heteroatoms. The monoisotopic (exact) mass is 550 g/mol. The quantitative estimate of drug-likeness (QED) is 0.432. The average Bonchev–Trinajstić information content (AvgIpc) is 2.91. The van der Waals surface area contributed by atoms with Crippen molar-refractivity contribution < 1.29 is 26.4 Å². The van der Waals surface area contributed by atoms with Crippen molar-refractivity contribution >= 4 is 15.7 Å². The summed E-state index contributed by atoms with van der Waals surface area (Å²) in [5.74, 6) is -0.995. The molecule has 0 radical (unpaired) electrons. The summed E-state index contributed by atoms with van der Waals surface area (Å²) in [4.78, 5) is 15.5. The minimum Gasteiger partial charge on any atom is -0.348 e. The fourth-order valence-corrected chi connectivity index (χ4v) is 6.76. The standard InChI is InChI=1S/C29H37F3N2O3S/c1-3-27-26-14-9-23(28(35)33-18-20-7-12-25(13-8-20)38(36,37)4-2)17-22(26)15-16-34(27)19-21-5-10-24(11-6-21)29(30,31)32/h7-9,12-14,17,21,24,27H,3-6,10-11,15-16,18-19H2,1-2H3,(H,33,35)/t21?,24?,27-/m0/s1. The van der Waals surface area contributed by atoms with E-state index in [9.17, 15) is 26.4 Å². The average molecular weight is 551 g/mol. The highest BCUT2D eigenvalue weighted by Crippen LogP contribution is 2.41. The van der Waals surface area contributed by atoms with Gasteiger partial charge in [-0.2, -0.15) is 13.2 Å². The molecule has 1 saturated carbocycles. The summed E-state index contributed by atoms with van der Waals surface area (Å²) >= 11 is 0. The summed E-state index contributed by atoms with van der Waals surface area (Å²) in [6.07, 6.45) is -0.655. The van der Waals surface area contributed by atoms with Crippen molar-refractivity contribution in [3.63, 3.8) is 0 Å². The predicted octanol–water partition coefficient (Wildman–Crippen LogP) is 6.09. The largest absolute Gasteiger partial charge is 0.391 e. The first-order valence-electron chi connectivity index (χ1n) is 13.5. The van der Waals surface area contributed by atoms with E-state index < -0.39 is 21.9 Å². The molecule has 0 spiro atoms. The van der Waals surface area contributed by atoms with Gasteiger partial charge in [0.2, 0.25) is 0 Å². The number of hydrogen-bond acceptors (Lipinski definition) is 4. The van der Waals surface area contributed by atoms with Gasteiger partial charge in [0.1, 0.15) is 0 Å². The van der Waals surface area contributed by atoms with Crippen molar-refractivity contribution in [3.8, 4) is 0 Å². The Morgan fingerprint density at radius 3 is 2.32 bits per heavy atom. The molecule has 1 N–H and O–H groups in total. The number of halogens is 3. The van der Waals surface area contributed by atoms with Gasteiger partial charge in [0.15, 0.2) is 9.84 Å². The lowest BCUT2D eigenvalue weighted by molar-refractivity contribution is -0.184. The number of nitrogens with zero attached hydrogens (tertiary/aromatic N) is 1. The van der Waals surface area contributed by atoms with Crippen molar-refractivity contribution in [3.05, 3.63) is 64.7 Å². The van der Waals surface area contributed by atoms with E-state index in [4.69, 9.17) is 0 Å². The maximum absolute atomic E-state index is 13.0. The summed E-state index contributed by atoms with van der Waals surface area (Å²) < 4.78 is 63.1. The lowest BCUT2D eigenvalue weighted by Gasteiger charge is -2.40. The van der Waals surface area contributed by atoms with Crippen LogP contribution in [0, 0.1) is 11.8 Å². The second-order valence-electron chi connectivity index (χ2n) is 10.6. The Morgan fingerprint density at radius 2 is 1.71 bits per heavy atom. The third-order valence-corrected chi connectivity index (χ3v) is 9.93. The van der Waals surface area contributed by atoms with Crippen LogP contribution in [0.25, 0.3) is 0 Å². The zero-order chi connectivity index (χ0) is 27.5. The van der Waals surface area contributed by atoms with Crippen LogP contribution in [0.3, 0.4) is 0 Å². The zero-order valence-corrected chi connectivity index (χ0v) is 22.9. The van der Waals surface area contributed by atoms with Gasteiger partial charge in [0.05, 0.1) is 16.6 Å². The highest BCUT2D eigenvalue weighted by Gasteiger charge is 2.42. The summed E-state index contributed by atoms with van der Waals surface area (Å²) in [7, 11) is -3.26. The van der Waals surface area contributed by atoms with Crippen LogP contribution in [-0.4, -0.2) is 44.2 Å². The Morgan fingerprint density at radius 1 is 1.03 bits per heavy atom. The van der Waals surface area contributed by atoms with Crippen LogP contribution < -0.4 is 5.32 Å². The van der Waals surface area contributed by atoms with Gasteiger partial charge in [-0.1, -0.05) is 32.0 Å². The zero-order valence-electron chi connectivity index (χ0n) is 22.1. The molecule has 0 saturated heterocycles. The number of benzene rings is 2. The molecule has 1 fully saturated rings. The van der Waals surface area contributed by atoms with Gasteiger partial charge in [-0.15, -0.1) is 0 Å². The molecule has 1 amide bonds. The number of fused-ring (bicyclic) bond motifs is 1. The molecule has 1 heterocycles. The predicted molar refractivity (Wildman–Crippen MR) is 142 cm³/mol. The maximum atomic E-state index is 13.0. The first kappa shape index (κ1) is 28.6. The smallest absolute Gasteiger partial charge is 0.348 e. The van der Waals surface area contributed by atoms with Gasteiger partial charge in [-0.25, -0.2) is 8.42 Å². The summed E-state index contributed by atoms with van der Waals surface area (Å²) in [5, 5.41) is 2.92. The molecule has 1 atom stereocenters. The molecule has 0 aromatic heterocycles. The Balaban J connectivity index is 1.35. The van der Waals surface area contributed by atoms with Crippen molar-refractivity contribution in [1.82, 2.24) is 10.2 Å². The van der Waals surface area contributed by atoms with E-state index in [0.717, 1.165) is 37.1 Å². The lowest BCUT2D eigenvalue weighted by Crippen LogP contribution is -2.40. The van der Waals surface area contributed by atoms with Crippen LogP contribution in [0.5, 0.6) is 0 Å². The Labute approximate surface area is 223 Å². The molecule has 0 unspecified atom stereocenters. The summed E-state index contributed by atoms with van der Waals surface area (Å²) in [6, 6.07) is 12.6. The fraction of sp³-hybridized carbons (Fsp3) is 0.552. The van der Waals surface area contributed by atoms with E-state index in [-0.39, 0.29) is 35.4 Å². The van der Waals surface area contributed by atoms with E-state index >= 15 is 0 Å². The molecule has 2 aliphatic rings. The molecular formula is C29H37F3N2O3S. The molecule has 2 aromatic carbocycles. The van der Waals surface area contributed by atoms with Gasteiger partial charge >= 0.3 is 6.18 Å². The molecule has 1 aliphatic heterocycles. The minimum atomic E-state index is -4.08. The molecule has 2 aromatic rings. The Kier molecular flexibility index (Phi) is 8.87. The number of amides is 1. The minimum absolute atomic E-state index is 0.0427. The van der Waals surface area contributed by atoms with Crippen molar-refractivity contribution in [2.24, 2.45) is 11.8 Å². The number of carbonyl (C=O) groups is 1. The molecule has 38 heavy (non-hydrogen) atoms. The van der Waals surface area contributed by atoms with Gasteiger partial charge in [-0.05, 0) is 85.4 Å². The van der Waals surface area contributed by atoms with Crippen molar-refractivity contribution in [1.29, 1.82) is 0 Å². The fourth-order valence-electron chi connectivity index (χ4n) is 5.87. The van der Waals surface area contributed by atoms with E-state index in [1.807, 2.05) is 18.2 Å². The first-order chi connectivity index (χ1) is 18.0. The van der Waals surface area contributed by atoms with Gasteiger partial charge in [-0.3, -0.25) is 9.69 Å². The van der Waals surface area contributed by atoms with Crippen LogP contribution in [0.2, 0.25) is 0 Å². The molecule has 0 bridgehead atoms. The van der Waals surface area contributed by atoms with Crippen molar-refractivity contribution in [2.75, 3.05) is 18.8 Å². The second kappa shape index (κ2) is 11.8. The second-order valence-corrected chi connectivity index (χ2v) is 12.9. The van der Waals surface area contributed by atoms with Crippen LogP contribution in [0.1, 0.15) is 79.0 Å². The van der Waals surface area contributed by atoms with Crippen molar-refractivity contribution in [2.45, 2.75) is 76.0 Å². The molecular weight excluding hydrogens is 513 g/mol. The summed E-state index contributed by atoms with van der Waals surface area (Å²) in [6.45, 7) is 5.69. The van der Waals surface area contributed by atoms with Crippen LogP contribution >= 0.6 is 0 Å². The number of rotatable bonds is 8. The van der Waals surface area contributed by atoms with Gasteiger partial charge in [0.25, 0.3) is 5.91 Å². The number of alkyl halides is 3. The molecule has 208 valence electrons.